The van der Waals surface area contributed by atoms with Crippen LogP contribution in [0.5, 0.6) is 11.5 Å². The fraction of sp³-hybridized carbons (Fsp3) is 0.381. The lowest BCUT2D eigenvalue weighted by atomic mass is 10.0. The summed E-state index contributed by atoms with van der Waals surface area (Å²) in [5.74, 6) is 1.70. The third-order valence-electron chi connectivity index (χ3n) is 5.24. The van der Waals surface area contributed by atoms with Gasteiger partial charge in [-0.25, -0.2) is 0 Å². The van der Waals surface area contributed by atoms with Crippen molar-refractivity contribution >= 4 is 17.5 Å². The molecule has 1 fully saturated rings. The molecule has 2 aliphatic heterocycles. The summed E-state index contributed by atoms with van der Waals surface area (Å²) in [5, 5.41) is 3.72. The molecule has 2 aromatic carbocycles. The van der Waals surface area contributed by atoms with Crippen LogP contribution in [-0.4, -0.2) is 32.2 Å². The molecule has 6 heteroatoms. The number of rotatable bonds is 5. The first-order valence-electron chi connectivity index (χ1n) is 9.44. The van der Waals surface area contributed by atoms with E-state index in [2.05, 4.69) is 17.4 Å². The monoisotopic (exact) mass is 387 g/mol. The minimum Gasteiger partial charge on any atom is -0.486 e. The van der Waals surface area contributed by atoms with Crippen molar-refractivity contribution in [2.75, 3.05) is 26.3 Å². The molecule has 0 saturated carbocycles. The van der Waals surface area contributed by atoms with Crippen molar-refractivity contribution in [3.63, 3.8) is 0 Å². The van der Waals surface area contributed by atoms with Gasteiger partial charge in [-0.1, -0.05) is 23.7 Å². The second kappa shape index (κ2) is 8.19. The average Bonchev–Trinajstić information content (AvgIpc) is 3.15. The number of likely N-dealkylation sites (tertiary alicyclic amines) is 1. The summed E-state index contributed by atoms with van der Waals surface area (Å²) in [6, 6.07) is 14.0. The third-order valence-corrected chi connectivity index (χ3v) is 5.49. The molecule has 5 nitrogen and oxygen atoms in total. The minimum atomic E-state index is 0.0735. The molecule has 1 amide bonds. The number of amides is 1. The zero-order chi connectivity index (χ0) is 18.6. The van der Waals surface area contributed by atoms with Gasteiger partial charge in [0.25, 0.3) is 5.91 Å². The molecule has 2 aliphatic rings. The van der Waals surface area contributed by atoms with Gasteiger partial charge in [0, 0.05) is 30.0 Å². The number of carbonyl (C=O) groups is 1. The summed E-state index contributed by atoms with van der Waals surface area (Å²) in [6.45, 7) is 3.20. The van der Waals surface area contributed by atoms with E-state index in [4.69, 9.17) is 21.1 Å². The Bertz CT molecular complexity index is 810. The largest absolute Gasteiger partial charge is 0.486 e. The first kappa shape index (κ1) is 18.1. The van der Waals surface area contributed by atoms with Gasteiger partial charge in [-0.05, 0) is 35.9 Å². The molecule has 2 N–H and O–H groups in total. The van der Waals surface area contributed by atoms with Crippen molar-refractivity contribution < 1.29 is 19.2 Å². The molecule has 2 heterocycles. The highest BCUT2D eigenvalue weighted by Crippen LogP contribution is 2.33. The van der Waals surface area contributed by atoms with Crippen molar-refractivity contribution in [2.45, 2.75) is 25.4 Å². The van der Waals surface area contributed by atoms with Crippen molar-refractivity contribution in [1.82, 2.24) is 5.32 Å². The van der Waals surface area contributed by atoms with E-state index >= 15 is 0 Å². The molecule has 0 bridgehead atoms. The predicted molar refractivity (Wildman–Crippen MR) is 103 cm³/mol. The number of fused-ring (bicyclic) bond motifs is 1. The molecule has 27 heavy (non-hydrogen) atoms. The van der Waals surface area contributed by atoms with E-state index in [-0.39, 0.29) is 5.91 Å². The fourth-order valence-electron chi connectivity index (χ4n) is 3.87. The molecular weight excluding hydrogens is 364 g/mol. The van der Waals surface area contributed by atoms with Crippen LogP contribution in [0.2, 0.25) is 5.02 Å². The number of nitrogens with one attached hydrogen (secondary N) is 2. The maximum Gasteiger partial charge on any atom is 0.275 e. The highest BCUT2D eigenvalue weighted by Gasteiger charge is 2.32. The van der Waals surface area contributed by atoms with Gasteiger partial charge in [0.2, 0.25) is 0 Å². The van der Waals surface area contributed by atoms with Gasteiger partial charge in [-0.15, -0.1) is 0 Å². The molecular formula is C21H24ClN2O3+. The summed E-state index contributed by atoms with van der Waals surface area (Å²) in [4.78, 5) is 13.8. The summed E-state index contributed by atoms with van der Waals surface area (Å²) < 4.78 is 11.3. The molecule has 142 valence electrons. The highest BCUT2D eigenvalue weighted by atomic mass is 35.5. The van der Waals surface area contributed by atoms with Crippen molar-refractivity contribution in [1.29, 1.82) is 0 Å². The van der Waals surface area contributed by atoms with Crippen molar-refractivity contribution in [3.8, 4) is 11.5 Å². The number of halogens is 1. The van der Waals surface area contributed by atoms with Crippen LogP contribution in [0.15, 0.2) is 42.5 Å². The maximum atomic E-state index is 12.4. The zero-order valence-corrected chi connectivity index (χ0v) is 15.9. The standard InChI is InChI=1S/C21H23ClN2O3/c22-17-6-3-15(4-7-17)13-23-21(25)14-24-9-1-2-18(24)16-5-8-19-20(12-16)27-11-10-26-19/h3-8,12,18H,1-2,9-11,13-14H2,(H,23,25)/p+1/t18-/m1/s1. The van der Waals surface area contributed by atoms with Crippen molar-refractivity contribution in [2.24, 2.45) is 0 Å². The van der Waals surface area contributed by atoms with Gasteiger partial charge in [-0.3, -0.25) is 4.79 Å². The second-order valence-corrected chi connectivity index (χ2v) is 7.52. The van der Waals surface area contributed by atoms with Crippen LogP contribution < -0.4 is 19.7 Å². The minimum absolute atomic E-state index is 0.0735. The molecule has 0 radical (unpaired) electrons. The van der Waals surface area contributed by atoms with Crippen LogP contribution in [0.25, 0.3) is 0 Å². The van der Waals surface area contributed by atoms with Crippen LogP contribution in [0.4, 0.5) is 0 Å². The Hall–Kier alpha value is -2.24. The van der Waals surface area contributed by atoms with Crippen LogP contribution in [0, 0.1) is 0 Å². The first-order chi connectivity index (χ1) is 13.2. The fourth-order valence-corrected chi connectivity index (χ4v) is 4.00. The number of quaternary nitrogens is 1. The molecule has 2 aromatic rings. The quantitative estimate of drug-likeness (QED) is 0.826. The number of benzene rings is 2. The van der Waals surface area contributed by atoms with Crippen LogP contribution in [0.1, 0.15) is 30.0 Å². The van der Waals surface area contributed by atoms with E-state index in [1.807, 2.05) is 30.3 Å². The van der Waals surface area contributed by atoms with Gasteiger partial charge in [0.1, 0.15) is 19.3 Å². The molecule has 2 atom stereocenters. The number of hydrogen-bond donors (Lipinski definition) is 2. The lowest BCUT2D eigenvalue weighted by Crippen LogP contribution is -3.11. The molecule has 1 saturated heterocycles. The van der Waals surface area contributed by atoms with Crippen LogP contribution in [0.3, 0.4) is 0 Å². The molecule has 0 spiro atoms. The highest BCUT2D eigenvalue weighted by molar-refractivity contribution is 6.30. The molecule has 0 aromatic heterocycles. The Morgan fingerprint density at radius 3 is 2.70 bits per heavy atom. The van der Waals surface area contributed by atoms with E-state index in [1.165, 1.54) is 10.5 Å². The number of ether oxygens (including phenoxy) is 2. The Labute approximate surface area is 164 Å². The average molecular weight is 388 g/mol. The third kappa shape index (κ3) is 4.37. The topological polar surface area (TPSA) is 52.0 Å². The first-order valence-corrected chi connectivity index (χ1v) is 9.82. The zero-order valence-electron chi connectivity index (χ0n) is 15.2. The Kier molecular flexibility index (Phi) is 5.50. The van der Waals surface area contributed by atoms with E-state index < -0.39 is 0 Å². The summed E-state index contributed by atoms with van der Waals surface area (Å²) in [5.41, 5.74) is 2.27. The van der Waals surface area contributed by atoms with E-state index in [9.17, 15) is 4.79 Å². The number of hydrogen-bond acceptors (Lipinski definition) is 3. The lowest BCUT2D eigenvalue weighted by Gasteiger charge is -2.24. The predicted octanol–water partition coefficient (Wildman–Crippen LogP) is 2.15. The Balaban J connectivity index is 1.36. The molecule has 1 unspecified atom stereocenters. The van der Waals surface area contributed by atoms with E-state index in [0.717, 1.165) is 36.4 Å². The van der Waals surface area contributed by atoms with Gasteiger partial charge < -0.3 is 19.7 Å². The molecule has 4 rings (SSSR count). The molecule has 0 aliphatic carbocycles. The maximum absolute atomic E-state index is 12.4. The van der Waals surface area contributed by atoms with Gasteiger partial charge in [0.05, 0.1) is 6.54 Å². The van der Waals surface area contributed by atoms with Crippen molar-refractivity contribution in [3.05, 3.63) is 58.6 Å². The smallest absolute Gasteiger partial charge is 0.275 e. The SMILES string of the molecule is O=C(C[NH+]1CCC[C@@H]1c1ccc2c(c1)OCCO2)NCc1ccc(Cl)cc1. The van der Waals surface area contributed by atoms with E-state index in [0.29, 0.717) is 37.4 Å². The summed E-state index contributed by atoms with van der Waals surface area (Å²) >= 11 is 5.90. The number of carbonyl (C=O) groups excluding carboxylic acids is 1. The lowest BCUT2D eigenvalue weighted by molar-refractivity contribution is -0.910. The van der Waals surface area contributed by atoms with Gasteiger partial charge in [-0.2, -0.15) is 0 Å². The van der Waals surface area contributed by atoms with E-state index in [1.54, 1.807) is 0 Å². The normalized spacial score (nSPS) is 21.1. The Morgan fingerprint density at radius 1 is 1.11 bits per heavy atom. The van der Waals surface area contributed by atoms with Crippen LogP contribution >= 0.6 is 11.6 Å². The second-order valence-electron chi connectivity index (χ2n) is 7.09. The van der Waals surface area contributed by atoms with Crippen LogP contribution in [-0.2, 0) is 11.3 Å². The van der Waals surface area contributed by atoms with Gasteiger partial charge in [0.15, 0.2) is 18.0 Å². The summed E-state index contributed by atoms with van der Waals surface area (Å²) in [7, 11) is 0. The summed E-state index contributed by atoms with van der Waals surface area (Å²) in [6.07, 6.45) is 2.21. The van der Waals surface area contributed by atoms with Gasteiger partial charge >= 0.3 is 0 Å². The Morgan fingerprint density at radius 2 is 1.89 bits per heavy atom.